The van der Waals surface area contributed by atoms with Crippen molar-refractivity contribution in [3.8, 4) is 6.07 Å². The highest BCUT2D eigenvalue weighted by atomic mass is 16.3. The fourth-order valence-electron chi connectivity index (χ4n) is 7.30. The molecule has 0 fully saturated rings. The maximum Gasteiger partial charge on any atom is 0.135 e. The first-order valence-corrected chi connectivity index (χ1v) is 14.3. The SMILES string of the molecule is N#CC1=NCCCC1C1C=CC=C(c2ccccc2N2c3ccccc3C3C=c4oc5ccccc5c4=CC32)C1. The number of furan rings is 1. The summed E-state index contributed by atoms with van der Waals surface area (Å²) in [6.45, 7) is 0.777. The lowest BCUT2D eigenvalue weighted by Crippen LogP contribution is -2.37. The summed E-state index contributed by atoms with van der Waals surface area (Å²) in [6, 6.07) is 28.5. The maximum absolute atomic E-state index is 9.75. The van der Waals surface area contributed by atoms with Crippen molar-refractivity contribution in [3.63, 3.8) is 0 Å². The quantitative estimate of drug-likeness (QED) is 0.305. The predicted molar refractivity (Wildman–Crippen MR) is 162 cm³/mol. The van der Waals surface area contributed by atoms with Crippen LogP contribution in [0.15, 0.2) is 100 Å². The third-order valence-electron chi connectivity index (χ3n) is 9.11. The van der Waals surface area contributed by atoms with Gasteiger partial charge in [-0.05, 0) is 66.7 Å². The second-order valence-electron chi connectivity index (χ2n) is 11.2. The molecule has 40 heavy (non-hydrogen) atoms. The summed E-state index contributed by atoms with van der Waals surface area (Å²) in [7, 11) is 0. The van der Waals surface area contributed by atoms with Crippen molar-refractivity contribution < 1.29 is 4.42 Å². The lowest BCUT2D eigenvalue weighted by molar-refractivity contribution is 0.452. The maximum atomic E-state index is 9.75. The van der Waals surface area contributed by atoms with Gasteiger partial charge in [-0.15, -0.1) is 0 Å². The van der Waals surface area contributed by atoms with Gasteiger partial charge in [-0.3, -0.25) is 4.99 Å². The summed E-state index contributed by atoms with van der Waals surface area (Å²) in [5.74, 6) is 0.707. The summed E-state index contributed by atoms with van der Waals surface area (Å²) in [4.78, 5) is 7.10. The van der Waals surface area contributed by atoms with Crippen LogP contribution in [0.3, 0.4) is 0 Å². The van der Waals surface area contributed by atoms with Crippen LogP contribution >= 0.6 is 0 Å². The predicted octanol–water partition coefficient (Wildman–Crippen LogP) is 6.65. The first-order valence-electron chi connectivity index (χ1n) is 14.3. The summed E-state index contributed by atoms with van der Waals surface area (Å²) < 4.78 is 6.31. The van der Waals surface area contributed by atoms with Gasteiger partial charge in [0.1, 0.15) is 22.8 Å². The Bertz CT molecular complexity index is 1920. The largest absolute Gasteiger partial charge is 0.456 e. The molecule has 3 aromatic carbocycles. The Morgan fingerprint density at radius 2 is 1.75 bits per heavy atom. The molecule has 4 atom stereocenters. The Morgan fingerprint density at radius 1 is 0.925 bits per heavy atom. The molecule has 0 saturated carbocycles. The molecule has 2 aliphatic carbocycles. The van der Waals surface area contributed by atoms with Gasteiger partial charge in [0.2, 0.25) is 0 Å². The second-order valence-corrected chi connectivity index (χ2v) is 11.2. The van der Waals surface area contributed by atoms with Crippen molar-refractivity contribution in [1.29, 1.82) is 5.26 Å². The minimum Gasteiger partial charge on any atom is -0.456 e. The zero-order valence-electron chi connectivity index (χ0n) is 22.2. The molecule has 4 unspecified atom stereocenters. The number of nitriles is 1. The molecule has 1 aromatic heterocycles. The van der Waals surface area contributed by atoms with Crippen molar-refractivity contribution in [2.75, 3.05) is 11.4 Å². The Morgan fingerprint density at radius 3 is 2.67 bits per heavy atom. The highest BCUT2D eigenvalue weighted by Gasteiger charge is 2.40. The van der Waals surface area contributed by atoms with Crippen molar-refractivity contribution in [2.45, 2.75) is 31.2 Å². The number of para-hydroxylation sites is 3. The van der Waals surface area contributed by atoms with Crippen molar-refractivity contribution in [2.24, 2.45) is 16.8 Å². The molecular formula is C36H29N3O. The molecule has 0 saturated heterocycles. The van der Waals surface area contributed by atoms with Crippen LogP contribution in [0.5, 0.6) is 0 Å². The van der Waals surface area contributed by atoms with E-state index in [0.29, 0.717) is 5.92 Å². The zero-order chi connectivity index (χ0) is 26.6. The molecule has 0 amide bonds. The van der Waals surface area contributed by atoms with Crippen LogP contribution < -0.4 is 15.5 Å². The van der Waals surface area contributed by atoms with Crippen LogP contribution in [-0.2, 0) is 0 Å². The first kappa shape index (κ1) is 23.3. The average molecular weight is 520 g/mol. The molecule has 4 heteroatoms. The number of hydrogen-bond donors (Lipinski definition) is 0. The first-order chi connectivity index (χ1) is 19.8. The third-order valence-corrected chi connectivity index (χ3v) is 9.11. The minimum atomic E-state index is 0.151. The Labute approximate surface area is 233 Å². The Balaban J connectivity index is 1.24. The van der Waals surface area contributed by atoms with E-state index in [9.17, 15) is 5.26 Å². The van der Waals surface area contributed by atoms with Crippen molar-refractivity contribution in [3.05, 3.63) is 113 Å². The lowest BCUT2D eigenvalue weighted by atomic mass is 9.76. The highest BCUT2D eigenvalue weighted by molar-refractivity contribution is 6.01. The molecule has 0 radical (unpaired) electrons. The van der Waals surface area contributed by atoms with Gasteiger partial charge in [0, 0.05) is 45.9 Å². The fourth-order valence-corrected chi connectivity index (χ4v) is 7.30. The number of hydrogen-bond acceptors (Lipinski definition) is 4. The Hall–Kier alpha value is -4.62. The number of nitrogens with zero attached hydrogens (tertiary/aromatic N) is 3. The van der Waals surface area contributed by atoms with Gasteiger partial charge in [0.05, 0.1) is 6.04 Å². The summed E-state index contributed by atoms with van der Waals surface area (Å²) in [6.07, 6.45) is 14.5. The number of benzene rings is 3. The smallest absolute Gasteiger partial charge is 0.135 e. The van der Waals surface area contributed by atoms with Gasteiger partial charge in [-0.2, -0.15) is 5.26 Å². The number of fused-ring (bicyclic) bond motifs is 6. The summed E-state index contributed by atoms with van der Waals surface area (Å²) in [5, 5.41) is 12.1. The molecule has 0 N–H and O–H groups in total. The van der Waals surface area contributed by atoms with Crippen LogP contribution in [0.2, 0.25) is 0 Å². The van der Waals surface area contributed by atoms with E-state index in [2.05, 4.69) is 113 Å². The summed E-state index contributed by atoms with van der Waals surface area (Å²) in [5.41, 5.74) is 9.02. The molecule has 8 rings (SSSR count). The molecule has 4 aliphatic rings. The van der Waals surface area contributed by atoms with Crippen LogP contribution in [0.1, 0.15) is 36.3 Å². The van der Waals surface area contributed by atoms with E-state index in [-0.39, 0.29) is 17.9 Å². The van der Waals surface area contributed by atoms with Crippen LogP contribution in [0, 0.1) is 23.2 Å². The van der Waals surface area contributed by atoms with Crippen LogP contribution in [-0.4, -0.2) is 18.3 Å². The van der Waals surface area contributed by atoms with E-state index in [4.69, 9.17) is 4.42 Å². The van der Waals surface area contributed by atoms with Gasteiger partial charge in [-0.1, -0.05) is 72.8 Å². The molecule has 4 aromatic rings. The molecule has 0 bridgehead atoms. The van der Waals surface area contributed by atoms with Gasteiger partial charge < -0.3 is 9.32 Å². The molecular weight excluding hydrogens is 490 g/mol. The van der Waals surface area contributed by atoms with Crippen molar-refractivity contribution in [1.82, 2.24) is 0 Å². The molecule has 4 nitrogen and oxygen atoms in total. The summed E-state index contributed by atoms with van der Waals surface area (Å²) >= 11 is 0. The number of aliphatic imine (C=N–C) groups is 1. The van der Waals surface area contributed by atoms with Gasteiger partial charge >= 0.3 is 0 Å². The van der Waals surface area contributed by atoms with Gasteiger partial charge in [-0.25, -0.2) is 0 Å². The molecule has 0 spiro atoms. The lowest BCUT2D eigenvalue weighted by Gasteiger charge is -2.33. The topological polar surface area (TPSA) is 52.5 Å². The highest BCUT2D eigenvalue weighted by Crippen LogP contribution is 2.49. The van der Waals surface area contributed by atoms with Crippen molar-refractivity contribution >= 4 is 45.8 Å². The normalized spacial score (nSPS) is 24.6. The average Bonchev–Trinajstić information content (AvgIpc) is 3.55. The number of anilines is 2. The fraction of sp³-hybridized carbons (Fsp3) is 0.222. The van der Waals surface area contributed by atoms with Crippen LogP contribution in [0.4, 0.5) is 11.4 Å². The number of rotatable bonds is 3. The standard InChI is InChI=1S/C36H29N3O/c37-22-31-25(14-8-18-38-31)23-9-7-10-24(19-23)26-11-1-4-15-32(26)39-33-16-5-2-12-27(33)29-21-36-30(20-34(29)39)28-13-3-6-17-35(28)40-36/h1-7,9-13,15-17,20-21,23,25,29,34H,8,14,18-19H2. The molecule has 2 aliphatic heterocycles. The van der Waals surface area contributed by atoms with E-state index < -0.39 is 0 Å². The molecule has 194 valence electrons. The number of allylic oxidation sites excluding steroid dienone is 4. The van der Waals surface area contributed by atoms with Crippen LogP contribution in [0.25, 0.3) is 28.7 Å². The van der Waals surface area contributed by atoms with E-state index in [0.717, 1.165) is 42.5 Å². The Kier molecular flexibility index (Phi) is 5.38. The molecule has 3 heterocycles. The van der Waals surface area contributed by atoms with E-state index >= 15 is 0 Å². The van der Waals surface area contributed by atoms with Gasteiger partial charge in [0.25, 0.3) is 0 Å². The van der Waals surface area contributed by atoms with Gasteiger partial charge in [0.15, 0.2) is 0 Å². The monoisotopic (exact) mass is 519 g/mol. The zero-order valence-corrected chi connectivity index (χ0v) is 22.2. The van der Waals surface area contributed by atoms with E-state index in [1.165, 1.54) is 38.7 Å². The van der Waals surface area contributed by atoms with E-state index in [1.54, 1.807) is 0 Å². The van der Waals surface area contributed by atoms with E-state index in [1.807, 2.05) is 6.07 Å². The third kappa shape index (κ3) is 3.54. The minimum absolute atomic E-state index is 0.151. The second kappa shape index (κ2) is 9.24.